The first-order chi connectivity index (χ1) is 9.18. The summed E-state index contributed by atoms with van der Waals surface area (Å²) < 4.78 is 9.46. The summed E-state index contributed by atoms with van der Waals surface area (Å²) in [6.07, 6.45) is 1.13. The van der Waals surface area contributed by atoms with Crippen LogP contribution in [0.5, 0.6) is 0 Å². The zero-order chi connectivity index (χ0) is 13.9. The lowest BCUT2D eigenvalue weighted by molar-refractivity contribution is -0.145. The summed E-state index contributed by atoms with van der Waals surface area (Å²) in [5.41, 5.74) is 0.964. The van der Waals surface area contributed by atoms with Crippen LogP contribution >= 0.6 is 0 Å². The number of carbonyl (C=O) groups is 2. The highest BCUT2D eigenvalue weighted by molar-refractivity contribution is 5.69. The van der Waals surface area contributed by atoms with Crippen LogP contribution < -0.4 is 0 Å². The van der Waals surface area contributed by atoms with Gasteiger partial charge in [-0.3, -0.25) is 4.79 Å². The minimum absolute atomic E-state index is 0.175. The fourth-order valence-electron chi connectivity index (χ4n) is 1.52. The van der Waals surface area contributed by atoms with Crippen LogP contribution in [0.3, 0.4) is 0 Å². The predicted molar refractivity (Wildman–Crippen MR) is 68.7 cm³/mol. The van der Waals surface area contributed by atoms with E-state index in [9.17, 15) is 9.59 Å². The second-order valence-corrected chi connectivity index (χ2v) is 4.07. The van der Waals surface area contributed by atoms with Crippen LogP contribution in [0, 0.1) is 0 Å². The van der Waals surface area contributed by atoms with Gasteiger partial charge >= 0.3 is 12.1 Å². The Morgan fingerprint density at radius 1 is 1.00 bits per heavy atom. The Morgan fingerprint density at radius 3 is 2.42 bits per heavy atom. The molecule has 0 heterocycles. The number of hydrogen-bond donors (Lipinski definition) is 1. The van der Waals surface area contributed by atoms with Crippen LogP contribution in [-0.4, -0.2) is 23.8 Å². The molecule has 1 aromatic carbocycles. The molecule has 0 unspecified atom stereocenters. The number of unbranched alkanes of at least 4 members (excludes halogenated alkanes) is 2. The average molecular weight is 266 g/mol. The van der Waals surface area contributed by atoms with E-state index >= 15 is 0 Å². The Bertz CT molecular complexity index is 388. The van der Waals surface area contributed by atoms with Gasteiger partial charge in [-0.2, -0.15) is 0 Å². The Kier molecular flexibility index (Phi) is 7.09. The minimum Gasteiger partial charge on any atom is -0.461 e. The molecule has 0 aromatic heterocycles. The van der Waals surface area contributed by atoms with Crippen molar-refractivity contribution >= 4 is 12.1 Å². The largest absolute Gasteiger partial charge is 0.505 e. The highest BCUT2D eigenvalue weighted by atomic mass is 16.7. The summed E-state index contributed by atoms with van der Waals surface area (Å²) in [7, 11) is 0. The monoisotopic (exact) mass is 266 g/mol. The molecule has 1 rings (SSSR count). The molecule has 0 aliphatic carbocycles. The zero-order valence-electron chi connectivity index (χ0n) is 10.7. The van der Waals surface area contributed by atoms with E-state index in [1.54, 1.807) is 0 Å². The summed E-state index contributed by atoms with van der Waals surface area (Å²) in [5.74, 6) is -0.233. The maximum Gasteiger partial charge on any atom is 0.505 e. The van der Waals surface area contributed by atoms with Crippen LogP contribution in [0.1, 0.15) is 31.2 Å². The van der Waals surface area contributed by atoms with Crippen molar-refractivity contribution in [3.05, 3.63) is 35.9 Å². The normalized spacial score (nSPS) is 9.89. The quantitative estimate of drug-likeness (QED) is 0.578. The number of benzene rings is 1. The second-order valence-electron chi connectivity index (χ2n) is 4.07. The molecule has 5 heteroatoms. The molecule has 1 aromatic rings. The molecule has 19 heavy (non-hydrogen) atoms. The van der Waals surface area contributed by atoms with E-state index in [-0.39, 0.29) is 12.6 Å². The first kappa shape index (κ1) is 15.0. The fourth-order valence-corrected chi connectivity index (χ4v) is 1.52. The van der Waals surface area contributed by atoms with Crippen molar-refractivity contribution in [1.82, 2.24) is 0 Å². The van der Waals surface area contributed by atoms with Crippen molar-refractivity contribution in [3.63, 3.8) is 0 Å². The topological polar surface area (TPSA) is 72.8 Å². The lowest BCUT2D eigenvalue weighted by Crippen LogP contribution is -2.05. The molecule has 0 aliphatic rings. The number of hydrogen-bond acceptors (Lipinski definition) is 4. The summed E-state index contributed by atoms with van der Waals surface area (Å²) >= 11 is 0. The lowest BCUT2D eigenvalue weighted by Gasteiger charge is -2.05. The van der Waals surface area contributed by atoms with Crippen molar-refractivity contribution in [2.75, 3.05) is 6.61 Å². The highest BCUT2D eigenvalue weighted by Gasteiger charge is 2.03. The number of ether oxygens (including phenoxy) is 2. The zero-order valence-corrected chi connectivity index (χ0v) is 10.7. The third-order valence-electron chi connectivity index (χ3n) is 2.49. The Labute approximate surface area is 112 Å². The third kappa shape index (κ3) is 7.81. The van der Waals surface area contributed by atoms with Crippen LogP contribution in [0.4, 0.5) is 4.79 Å². The van der Waals surface area contributed by atoms with Gasteiger partial charge in [0.15, 0.2) is 0 Å². The van der Waals surface area contributed by atoms with Gasteiger partial charge in [-0.15, -0.1) is 0 Å². The van der Waals surface area contributed by atoms with Crippen molar-refractivity contribution in [1.29, 1.82) is 0 Å². The van der Waals surface area contributed by atoms with Gasteiger partial charge in [-0.25, -0.2) is 4.79 Å². The van der Waals surface area contributed by atoms with Crippen molar-refractivity contribution in [2.45, 2.75) is 32.3 Å². The minimum atomic E-state index is -1.26. The first-order valence-electron chi connectivity index (χ1n) is 6.24. The smallest absolute Gasteiger partial charge is 0.461 e. The van der Waals surface area contributed by atoms with Gasteiger partial charge in [-0.1, -0.05) is 30.3 Å². The molecule has 0 amide bonds. The predicted octanol–water partition coefficient (Wildman–Crippen LogP) is 2.98. The maximum absolute atomic E-state index is 11.4. The molecule has 5 nitrogen and oxygen atoms in total. The number of carboxylic acid groups (broad SMARTS) is 1. The second kappa shape index (κ2) is 8.97. The van der Waals surface area contributed by atoms with Crippen molar-refractivity contribution < 1.29 is 24.2 Å². The molecule has 0 fully saturated rings. The van der Waals surface area contributed by atoms with Crippen LogP contribution in [0.25, 0.3) is 0 Å². The number of rotatable bonds is 8. The van der Waals surface area contributed by atoms with E-state index in [2.05, 4.69) is 4.74 Å². The highest BCUT2D eigenvalue weighted by Crippen LogP contribution is 2.05. The third-order valence-corrected chi connectivity index (χ3v) is 2.49. The van der Waals surface area contributed by atoms with E-state index in [0.29, 0.717) is 25.9 Å². The molecule has 0 radical (unpaired) electrons. The van der Waals surface area contributed by atoms with Gasteiger partial charge in [0.1, 0.15) is 6.61 Å². The van der Waals surface area contributed by atoms with E-state index in [4.69, 9.17) is 9.84 Å². The molecule has 0 saturated heterocycles. The van der Waals surface area contributed by atoms with E-state index in [1.165, 1.54) is 0 Å². The van der Waals surface area contributed by atoms with Gasteiger partial charge < -0.3 is 14.6 Å². The molecule has 104 valence electrons. The molecule has 0 saturated carbocycles. The summed E-state index contributed by atoms with van der Waals surface area (Å²) in [5, 5.41) is 8.24. The Balaban J connectivity index is 2.01. The van der Waals surface area contributed by atoms with Crippen LogP contribution in [0.15, 0.2) is 30.3 Å². The molecule has 0 atom stereocenters. The van der Waals surface area contributed by atoms with Gasteiger partial charge in [0, 0.05) is 6.42 Å². The SMILES string of the molecule is O=C(O)OCCCCCC(=O)OCc1ccccc1. The van der Waals surface area contributed by atoms with Crippen molar-refractivity contribution in [3.8, 4) is 0 Å². The van der Waals surface area contributed by atoms with E-state index in [0.717, 1.165) is 12.0 Å². The summed E-state index contributed by atoms with van der Waals surface area (Å²) in [6.45, 7) is 0.468. The van der Waals surface area contributed by atoms with Gasteiger partial charge in [0.25, 0.3) is 0 Å². The number of esters is 1. The Morgan fingerprint density at radius 2 is 1.74 bits per heavy atom. The Hall–Kier alpha value is -2.04. The van der Waals surface area contributed by atoms with Gasteiger partial charge in [0.2, 0.25) is 0 Å². The maximum atomic E-state index is 11.4. The molecule has 0 bridgehead atoms. The van der Waals surface area contributed by atoms with Crippen LogP contribution in [0.2, 0.25) is 0 Å². The average Bonchev–Trinajstić information content (AvgIpc) is 2.41. The first-order valence-corrected chi connectivity index (χ1v) is 6.24. The molecule has 1 N–H and O–H groups in total. The molecular formula is C14H18O5. The summed E-state index contributed by atoms with van der Waals surface area (Å²) in [6, 6.07) is 9.49. The van der Waals surface area contributed by atoms with Crippen LogP contribution in [-0.2, 0) is 20.9 Å². The standard InChI is InChI=1S/C14H18O5/c15-13(9-5-2-6-10-18-14(16)17)19-11-12-7-3-1-4-8-12/h1,3-4,7-8H,2,5-6,9-11H2,(H,16,17). The molecular weight excluding hydrogens is 248 g/mol. The van der Waals surface area contributed by atoms with E-state index in [1.807, 2.05) is 30.3 Å². The molecule has 0 aliphatic heterocycles. The molecule has 0 spiro atoms. The van der Waals surface area contributed by atoms with Gasteiger partial charge in [0.05, 0.1) is 6.61 Å². The van der Waals surface area contributed by atoms with Gasteiger partial charge in [-0.05, 0) is 24.8 Å². The van der Waals surface area contributed by atoms with Crippen molar-refractivity contribution in [2.24, 2.45) is 0 Å². The lowest BCUT2D eigenvalue weighted by atomic mass is 10.2. The fraction of sp³-hybridized carbons (Fsp3) is 0.429. The number of carbonyl (C=O) groups excluding carboxylic acids is 1. The van der Waals surface area contributed by atoms with E-state index < -0.39 is 6.16 Å². The summed E-state index contributed by atoms with van der Waals surface area (Å²) in [4.78, 5) is 21.5.